The van der Waals surface area contributed by atoms with Crippen LogP contribution in [0.1, 0.15) is 16.8 Å². The number of carbonyl (C=O) groups excluding carboxylic acids is 2. The number of fused-ring (bicyclic) bond motifs is 1. The highest BCUT2D eigenvalue weighted by atomic mass is 19.4. The average molecular weight is 545 g/mol. The van der Waals surface area contributed by atoms with E-state index in [2.05, 4.69) is 9.72 Å². The number of nitrogens with zero attached hydrogens (tertiary/aromatic N) is 3. The van der Waals surface area contributed by atoms with E-state index in [1.807, 2.05) is 12.1 Å². The average Bonchev–Trinajstić information content (AvgIpc) is 3.44. The third-order valence-corrected chi connectivity index (χ3v) is 6.20. The van der Waals surface area contributed by atoms with Crippen LogP contribution in [0, 0.1) is 0 Å². The van der Waals surface area contributed by atoms with Gasteiger partial charge in [-0.2, -0.15) is 13.2 Å². The molecule has 1 fully saturated rings. The van der Waals surface area contributed by atoms with E-state index in [4.69, 9.17) is 4.74 Å². The van der Waals surface area contributed by atoms with Crippen molar-refractivity contribution in [3.63, 3.8) is 0 Å². The summed E-state index contributed by atoms with van der Waals surface area (Å²) in [5.41, 5.74) is 1.17. The Morgan fingerprint density at radius 3 is 2.46 bits per heavy atom. The topological polar surface area (TPSA) is 73.7 Å². The molecule has 0 radical (unpaired) electrons. The molecule has 0 aliphatic carbocycles. The van der Waals surface area contributed by atoms with E-state index in [-0.39, 0.29) is 17.6 Å². The first-order valence-electron chi connectivity index (χ1n) is 11.8. The summed E-state index contributed by atoms with van der Waals surface area (Å²) in [5.74, 6) is -8.03. The molecule has 5 rings (SSSR count). The second kappa shape index (κ2) is 10.0. The number of rotatable bonds is 5. The van der Waals surface area contributed by atoms with Gasteiger partial charge in [0.15, 0.2) is 11.9 Å². The van der Waals surface area contributed by atoms with E-state index >= 15 is 0 Å². The van der Waals surface area contributed by atoms with Gasteiger partial charge in [-0.3, -0.25) is 4.79 Å². The van der Waals surface area contributed by atoms with E-state index in [0.29, 0.717) is 11.1 Å². The van der Waals surface area contributed by atoms with Crippen molar-refractivity contribution in [3.05, 3.63) is 84.7 Å². The van der Waals surface area contributed by atoms with Crippen molar-refractivity contribution in [2.75, 3.05) is 13.1 Å². The summed E-state index contributed by atoms with van der Waals surface area (Å²) in [4.78, 5) is 30.0. The summed E-state index contributed by atoms with van der Waals surface area (Å²) >= 11 is 0. The quantitative estimate of drug-likeness (QED) is 0.247. The van der Waals surface area contributed by atoms with Gasteiger partial charge in [-0.05, 0) is 42.5 Å². The lowest BCUT2D eigenvalue weighted by Gasteiger charge is -2.38. The summed E-state index contributed by atoms with van der Waals surface area (Å²) in [6.07, 6.45) is -4.49. The molecular weight excluding hydrogens is 525 g/mol. The summed E-state index contributed by atoms with van der Waals surface area (Å²) in [7, 11) is 0. The van der Waals surface area contributed by atoms with Gasteiger partial charge in [-0.25, -0.2) is 18.6 Å². The minimum absolute atomic E-state index is 0.216. The summed E-state index contributed by atoms with van der Waals surface area (Å²) in [5, 5.41) is 0.296. The van der Waals surface area contributed by atoms with Crippen molar-refractivity contribution in [3.8, 4) is 17.3 Å². The zero-order valence-corrected chi connectivity index (χ0v) is 20.1. The van der Waals surface area contributed by atoms with Crippen LogP contribution in [-0.2, 0) is 4.79 Å². The first-order chi connectivity index (χ1) is 18.5. The minimum atomic E-state index is -5.34. The van der Waals surface area contributed by atoms with E-state index < -0.39 is 54.7 Å². The van der Waals surface area contributed by atoms with Crippen LogP contribution in [0.25, 0.3) is 16.6 Å². The van der Waals surface area contributed by atoms with Gasteiger partial charge >= 0.3 is 12.1 Å². The fraction of sp³-hybridized carbons (Fsp3) is 0.222. The lowest BCUT2D eigenvalue weighted by atomic mass is 10.0. The number of benzene rings is 2. The SMILES string of the molecule is O=C(c1cccc(-n2cccc2)c1)N1CCC(F)(F)C(Oc2nc3ccccc3cc2OC(=O)C(F)(F)F)C1. The van der Waals surface area contributed by atoms with Crippen LogP contribution in [0.4, 0.5) is 22.0 Å². The fourth-order valence-corrected chi connectivity index (χ4v) is 4.20. The molecular formula is C27H20F5N3O4. The maximum atomic E-state index is 15.0. The highest BCUT2D eigenvalue weighted by Gasteiger charge is 2.48. The zero-order chi connectivity index (χ0) is 27.8. The highest BCUT2D eigenvalue weighted by Crippen LogP contribution is 2.37. The normalized spacial score (nSPS) is 17.2. The molecule has 0 N–H and O–H groups in total. The Hall–Kier alpha value is -4.48. The first kappa shape index (κ1) is 26.1. The largest absolute Gasteiger partial charge is 0.491 e. The van der Waals surface area contributed by atoms with Crippen LogP contribution >= 0.6 is 0 Å². The van der Waals surface area contributed by atoms with Gasteiger partial charge in [0.05, 0.1) is 12.1 Å². The molecule has 1 atom stereocenters. The lowest BCUT2D eigenvalue weighted by Crippen LogP contribution is -2.55. The van der Waals surface area contributed by atoms with Crippen molar-refractivity contribution in [2.24, 2.45) is 0 Å². The predicted molar refractivity (Wildman–Crippen MR) is 129 cm³/mol. The Bertz CT molecular complexity index is 1520. The second-order valence-corrected chi connectivity index (χ2v) is 8.88. The number of piperidine rings is 1. The van der Waals surface area contributed by atoms with Gasteiger partial charge in [0.25, 0.3) is 17.7 Å². The van der Waals surface area contributed by atoms with Gasteiger partial charge in [-0.15, -0.1) is 0 Å². The van der Waals surface area contributed by atoms with Crippen molar-refractivity contribution >= 4 is 22.8 Å². The smallest absolute Gasteiger partial charge is 0.463 e. The Labute approximate surface area is 218 Å². The lowest BCUT2D eigenvalue weighted by molar-refractivity contribution is -0.190. The molecule has 0 saturated carbocycles. The van der Waals surface area contributed by atoms with Gasteiger partial charge in [-0.1, -0.05) is 24.3 Å². The second-order valence-electron chi connectivity index (χ2n) is 8.88. The third kappa shape index (κ3) is 5.54. The maximum absolute atomic E-state index is 15.0. The number of esters is 1. The van der Waals surface area contributed by atoms with Crippen molar-refractivity contribution in [1.29, 1.82) is 0 Å². The molecule has 3 heterocycles. The monoisotopic (exact) mass is 545 g/mol. The number of amides is 1. The number of hydrogen-bond donors (Lipinski definition) is 0. The summed E-state index contributed by atoms with van der Waals surface area (Å²) in [6.45, 7) is -0.860. The van der Waals surface area contributed by atoms with E-state index in [0.717, 1.165) is 6.07 Å². The number of hydrogen-bond acceptors (Lipinski definition) is 5. The van der Waals surface area contributed by atoms with Gasteiger partial charge in [0, 0.05) is 42.0 Å². The van der Waals surface area contributed by atoms with Crippen LogP contribution in [0.5, 0.6) is 11.6 Å². The summed E-state index contributed by atoms with van der Waals surface area (Å²) in [6, 6.07) is 17.4. The van der Waals surface area contributed by atoms with Crippen LogP contribution in [0.15, 0.2) is 79.1 Å². The number of likely N-dealkylation sites (tertiary alicyclic amines) is 1. The molecule has 2 aromatic heterocycles. The number of ether oxygens (including phenoxy) is 2. The van der Waals surface area contributed by atoms with E-state index in [1.165, 1.54) is 17.0 Å². The molecule has 39 heavy (non-hydrogen) atoms. The molecule has 4 aromatic rings. The van der Waals surface area contributed by atoms with Crippen molar-refractivity contribution in [2.45, 2.75) is 24.6 Å². The number of aromatic nitrogens is 2. The molecule has 1 amide bonds. The number of pyridine rings is 1. The molecule has 7 nitrogen and oxygen atoms in total. The van der Waals surface area contributed by atoms with Crippen molar-refractivity contribution in [1.82, 2.24) is 14.5 Å². The van der Waals surface area contributed by atoms with Gasteiger partial charge in [0.1, 0.15) is 0 Å². The first-order valence-corrected chi connectivity index (χ1v) is 11.8. The van der Waals surface area contributed by atoms with E-state index in [9.17, 15) is 31.5 Å². The third-order valence-electron chi connectivity index (χ3n) is 6.20. The molecule has 202 valence electrons. The van der Waals surface area contributed by atoms with Crippen LogP contribution < -0.4 is 9.47 Å². The van der Waals surface area contributed by atoms with E-state index in [1.54, 1.807) is 53.4 Å². The Balaban J connectivity index is 1.42. The minimum Gasteiger partial charge on any atom is -0.463 e. The van der Waals surface area contributed by atoms with Crippen LogP contribution in [-0.4, -0.2) is 57.6 Å². The Morgan fingerprint density at radius 2 is 1.72 bits per heavy atom. The summed E-state index contributed by atoms with van der Waals surface area (Å²) < 4.78 is 80.2. The molecule has 1 unspecified atom stereocenters. The Kier molecular flexibility index (Phi) is 6.71. The fourth-order valence-electron chi connectivity index (χ4n) is 4.20. The predicted octanol–water partition coefficient (Wildman–Crippen LogP) is 5.42. The van der Waals surface area contributed by atoms with Crippen LogP contribution in [0.3, 0.4) is 0 Å². The Morgan fingerprint density at radius 1 is 0.974 bits per heavy atom. The molecule has 2 aromatic carbocycles. The number of alkyl halides is 5. The number of carbonyl (C=O) groups is 2. The zero-order valence-electron chi connectivity index (χ0n) is 20.1. The molecule has 1 saturated heterocycles. The maximum Gasteiger partial charge on any atom is 0.491 e. The molecule has 0 spiro atoms. The number of para-hydroxylation sites is 1. The number of halogens is 5. The van der Waals surface area contributed by atoms with Crippen molar-refractivity contribution < 1.29 is 41.0 Å². The molecule has 1 aliphatic rings. The molecule has 1 aliphatic heterocycles. The standard InChI is InChI=1S/C27H20F5N3O4/c28-26(29)10-13-35(24(36)18-7-5-8-19(14-18)34-11-3-4-12-34)16-22(26)39-23-21(38-25(37)27(30,31)32)15-17-6-1-2-9-20(17)33-23/h1-9,11-12,14-15,22H,10,13,16H2. The molecule has 0 bridgehead atoms. The highest BCUT2D eigenvalue weighted by molar-refractivity contribution is 5.95. The van der Waals surface area contributed by atoms with Crippen LogP contribution in [0.2, 0.25) is 0 Å². The van der Waals surface area contributed by atoms with Gasteiger partial charge in [0.2, 0.25) is 0 Å². The van der Waals surface area contributed by atoms with Gasteiger partial charge < -0.3 is 18.9 Å². The molecule has 12 heteroatoms.